The smallest absolute Gasteiger partial charge is 0.145 e. The van der Waals surface area contributed by atoms with Crippen molar-refractivity contribution in [3.05, 3.63) is 60.2 Å². The first-order valence-electron chi connectivity index (χ1n) is 4.96. The summed E-state index contributed by atoms with van der Waals surface area (Å²) in [5, 5.41) is 8.88. The lowest BCUT2D eigenvalue weighted by molar-refractivity contribution is -0.0380. The zero-order chi connectivity index (χ0) is 11.2. The second kappa shape index (κ2) is 5.34. The summed E-state index contributed by atoms with van der Waals surface area (Å²) >= 11 is 0. The van der Waals surface area contributed by atoms with E-state index < -0.39 is 6.10 Å². The highest BCUT2D eigenvalue weighted by Gasteiger charge is 2.16. The average Bonchev–Trinajstić information content (AvgIpc) is 2.38. The summed E-state index contributed by atoms with van der Waals surface area (Å²) in [5.74, 6) is 0. The van der Waals surface area contributed by atoms with Gasteiger partial charge in [0.15, 0.2) is 0 Å². The van der Waals surface area contributed by atoms with E-state index in [4.69, 9.17) is 9.84 Å². The van der Waals surface area contributed by atoms with Crippen LogP contribution in [-0.2, 0) is 4.74 Å². The summed E-state index contributed by atoms with van der Waals surface area (Å²) in [6, 6.07) is 11.1. The van der Waals surface area contributed by atoms with Crippen LogP contribution in [0, 0.1) is 0 Å². The van der Waals surface area contributed by atoms with Crippen LogP contribution in [0.1, 0.15) is 17.5 Å². The number of rotatable bonds is 4. The van der Waals surface area contributed by atoms with Crippen molar-refractivity contribution in [1.82, 2.24) is 9.97 Å². The standard InChI is InChI=1S/C12H12N2O2/c15-9-16-12(10-5-1-3-7-13-10)11-6-2-4-8-14-11/h1-8,12,15H,9H2. The monoisotopic (exact) mass is 216 g/mol. The Hall–Kier alpha value is -1.78. The first-order chi connectivity index (χ1) is 7.92. The minimum Gasteiger partial charge on any atom is -0.371 e. The molecular weight excluding hydrogens is 204 g/mol. The fraction of sp³-hybridized carbons (Fsp3) is 0.167. The quantitative estimate of drug-likeness (QED) is 0.787. The molecule has 1 N–H and O–H groups in total. The first-order valence-corrected chi connectivity index (χ1v) is 4.96. The Labute approximate surface area is 93.6 Å². The number of hydrogen-bond acceptors (Lipinski definition) is 4. The maximum Gasteiger partial charge on any atom is 0.145 e. The van der Waals surface area contributed by atoms with Crippen LogP contribution in [0.4, 0.5) is 0 Å². The molecule has 0 fully saturated rings. The molecule has 16 heavy (non-hydrogen) atoms. The van der Waals surface area contributed by atoms with Crippen LogP contribution in [-0.4, -0.2) is 21.9 Å². The van der Waals surface area contributed by atoms with E-state index in [2.05, 4.69) is 9.97 Å². The number of ether oxygens (including phenoxy) is 1. The molecular formula is C12H12N2O2. The summed E-state index contributed by atoms with van der Waals surface area (Å²) in [5.41, 5.74) is 1.46. The van der Waals surface area contributed by atoms with Gasteiger partial charge in [-0.05, 0) is 24.3 Å². The van der Waals surface area contributed by atoms with Gasteiger partial charge in [0.05, 0.1) is 11.4 Å². The third kappa shape index (κ3) is 2.42. The Morgan fingerprint density at radius 1 is 1.00 bits per heavy atom. The summed E-state index contributed by atoms with van der Waals surface area (Å²) in [6.07, 6.45) is 2.95. The zero-order valence-corrected chi connectivity index (χ0v) is 8.65. The van der Waals surface area contributed by atoms with Crippen LogP contribution in [0.5, 0.6) is 0 Å². The van der Waals surface area contributed by atoms with Crippen molar-refractivity contribution in [3.8, 4) is 0 Å². The maximum atomic E-state index is 8.88. The molecule has 0 amide bonds. The highest BCUT2D eigenvalue weighted by molar-refractivity contribution is 5.19. The van der Waals surface area contributed by atoms with Crippen molar-refractivity contribution < 1.29 is 9.84 Å². The minimum absolute atomic E-state index is 0.363. The maximum absolute atomic E-state index is 8.88. The summed E-state index contributed by atoms with van der Waals surface area (Å²) in [7, 11) is 0. The van der Waals surface area contributed by atoms with Crippen LogP contribution in [0.15, 0.2) is 48.8 Å². The third-order valence-electron chi connectivity index (χ3n) is 2.15. The van der Waals surface area contributed by atoms with Gasteiger partial charge in [-0.3, -0.25) is 9.97 Å². The Morgan fingerprint density at radius 2 is 1.56 bits per heavy atom. The van der Waals surface area contributed by atoms with Crippen molar-refractivity contribution >= 4 is 0 Å². The number of hydrogen-bond donors (Lipinski definition) is 1. The predicted molar refractivity (Wildman–Crippen MR) is 58.5 cm³/mol. The van der Waals surface area contributed by atoms with E-state index in [0.717, 1.165) is 11.4 Å². The SMILES string of the molecule is OCOC(c1ccccn1)c1ccccn1. The van der Waals surface area contributed by atoms with E-state index in [1.165, 1.54) is 0 Å². The molecule has 0 aliphatic rings. The molecule has 4 heteroatoms. The number of pyridine rings is 2. The molecule has 0 saturated heterocycles. The normalized spacial score (nSPS) is 10.6. The fourth-order valence-electron chi connectivity index (χ4n) is 1.46. The lowest BCUT2D eigenvalue weighted by Crippen LogP contribution is -2.10. The molecule has 0 saturated carbocycles. The van der Waals surface area contributed by atoms with E-state index in [9.17, 15) is 0 Å². The van der Waals surface area contributed by atoms with Gasteiger partial charge in [-0.1, -0.05) is 12.1 Å². The Morgan fingerprint density at radius 3 is 1.94 bits per heavy atom. The highest BCUT2D eigenvalue weighted by Crippen LogP contribution is 2.21. The molecule has 0 atom stereocenters. The highest BCUT2D eigenvalue weighted by atomic mass is 16.6. The molecule has 0 bridgehead atoms. The molecule has 0 spiro atoms. The van der Waals surface area contributed by atoms with Gasteiger partial charge in [0.2, 0.25) is 0 Å². The van der Waals surface area contributed by atoms with Crippen LogP contribution in [0.3, 0.4) is 0 Å². The Kier molecular flexibility index (Phi) is 3.58. The van der Waals surface area contributed by atoms with Gasteiger partial charge in [0.25, 0.3) is 0 Å². The van der Waals surface area contributed by atoms with Crippen LogP contribution < -0.4 is 0 Å². The average molecular weight is 216 g/mol. The lowest BCUT2D eigenvalue weighted by atomic mass is 10.1. The minimum atomic E-state index is -0.424. The van der Waals surface area contributed by atoms with E-state index in [1.807, 2.05) is 36.4 Å². The number of nitrogens with zero attached hydrogens (tertiary/aromatic N) is 2. The van der Waals surface area contributed by atoms with Gasteiger partial charge < -0.3 is 9.84 Å². The lowest BCUT2D eigenvalue weighted by Gasteiger charge is -2.14. The molecule has 2 aromatic heterocycles. The summed E-state index contributed by atoms with van der Waals surface area (Å²) in [6.45, 7) is -0.363. The van der Waals surface area contributed by atoms with Crippen molar-refractivity contribution in [2.75, 3.05) is 6.79 Å². The molecule has 0 aliphatic heterocycles. The largest absolute Gasteiger partial charge is 0.371 e. The van der Waals surface area contributed by atoms with Crippen molar-refractivity contribution in [2.45, 2.75) is 6.10 Å². The second-order valence-corrected chi connectivity index (χ2v) is 3.19. The molecule has 82 valence electrons. The van der Waals surface area contributed by atoms with Gasteiger partial charge in [0, 0.05) is 12.4 Å². The predicted octanol–water partition coefficient (Wildman–Crippen LogP) is 1.53. The van der Waals surface area contributed by atoms with Gasteiger partial charge in [-0.2, -0.15) is 0 Å². The van der Waals surface area contributed by atoms with E-state index >= 15 is 0 Å². The molecule has 0 aliphatic carbocycles. The topological polar surface area (TPSA) is 55.2 Å². The summed E-state index contributed by atoms with van der Waals surface area (Å²) in [4.78, 5) is 8.40. The molecule has 0 unspecified atom stereocenters. The van der Waals surface area contributed by atoms with Gasteiger partial charge >= 0.3 is 0 Å². The van der Waals surface area contributed by atoms with Crippen molar-refractivity contribution in [1.29, 1.82) is 0 Å². The zero-order valence-electron chi connectivity index (χ0n) is 8.65. The van der Waals surface area contributed by atoms with Crippen LogP contribution >= 0.6 is 0 Å². The van der Waals surface area contributed by atoms with Gasteiger partial charge in [-0.25, -0.2) is 0 Å². The summed E-state index contributed by atoms with van der Waals surface area (Å²) < 4.78 is 5.24. The van der Waals surface area contributed by atoms with Crippen molar-refractivity contribution in [2.24, 2.45) is 0 Å². The van der Waals surface area contributed by atoms with E-state index in [0.29, 0.717) is 0 Å². The second-order valence-electron chi connectivity index (χ2n) is 3.19. The van der Waals surface area contributed by atoms with E-state index in [-0.39, 0.29) is 6.79 Å². The Bertz CT molecular complexity index is 380. The van der Waals surface area contributed by atoms with Crippen LogP contribution in [0.2, 0.25) is 0 Å². The van der Waals surface area contributed by atoms with Crippen molar-refractivity contribution in [3.63, 3.8) is 0 Å². The molecule has 2 aromatic rings. The van der Waals surface area contributed by atoms with Crippen LogP contribution in [0.25, 0.3) is 0 Å². The molecule has 4 nitrogen and oxygen atoms in total. The Balaban J connectivity index is 2.31. The van der Waals surface area contributed by atoms with E-state index in [1.54, 1.807) is 12.4 Å². The van der Waals surface area contributed by atoms with Gasteiger partial charge in [0.1, 0.15) is 12.9 Å². The molecule has 0 aromatic carbocycles. The van der Waals surface area contributed by atoms with Gasteiger partial charge in [-0.15, -0.1) is 0 Å². The fourth-order valence-corrected chi connectivity index (χ4v) is 1.46. The first kappa shape index (κ1) is 10.7. The molecule has 2 heterocycles. The third-order valence-corrected chi connectivity index (χ3v) is 2.15. The molecule has 0 radical (unpaired) electrons. The number of aliphatic hydroxyl groups excluding tert-OH is 1. The molecule has 2 rings (SSSR count). The number of aromatic nitrogens is 2. The number of aliphatic hydroxyl groups is 1.